The fraction of sp³-hybridized carbons (Fsp3) is 0.611. The van der Waals surface area contributed by atoms with Gasteiger partial charge in [0.05, 0.1) is 0 Å². The summed E-state index contributed by atoms with van der Waals surface area (Å²) < 4.78 is 0. The summed E-state index contributed by atoms with van der Waals surface area (Å²) in [5.74, 6) is -0.303. The molecule has 1 aliphatic rings. The van der Waals surface area contributed by atoms with Gasteiger partial charge in [-0.05, 0) is 25.1 Å². The van der Waals surface area contributed by atoms with Crippen LogP contribution in [0.4, 0.5) is 0 Å². The van der Waals surface area contributed by atoms with Crippen LogP contribution >= 0.6 is 0 Å². The first-order valence-corrected chi connectivity index (χ1v) is 8.92. The Bertz CT molecular complexity index is 554. The molecule has 0 saturated carbocycles. The maximum atomic E-state index is 12.6. The molecular weight excluding hydrogens is 304 g/mol. The summed E-state index contributed by atoms with van der Waals surface area (Å²) in [6, 6.07) is 5.06. The van der Waals surface area contributed by atoms with E-state index in [-0.39, 0.29) is 11.8 Å². The zero-order valence-electron chi connectivity index (χ0n) is 14.8. The van der Waals surface area contributed by atoms with Crippen LogP contribution in [0, 0.1) is 0 Å². The number of hydrogen-bond donors (Lipinski definition) is 1. The lowest BCUT2D eigenvalue weighted by atomic mass is 10.2. The van der Waals surface area contributed by atoms with Crippen LogP contribution in [-0.4, -0.2) is 65.9 Å². The predicted octanol–water partition coefficient (Wildman–Crippen LogP) is 1.78. The Hall–Kier alpha value is -1.95. The number of hydrogen-bond acceptors (Lipinski definition) is 4. The molecule has 1 fully saturated rings. The fourth-order valence-corrected chi connectivity index (χ4v) is 2.78. The zero-order chi connectivity index (χ0) is 17.4. The Balaban J connectivity index is 1.94. The summed E-state index contributed by atoms with van der Waals surface area (Å²) in [5, 5.41) is 2.86. The van der Waals surface area contributed by atoms with Crippen molar-refractivity contribution in [1.29, 1.82) is 0 Å². The summed E-state index contributed by atoms with van der Waals surface area (Å²) >= 11 is 0. The van der Waals surface area contributed by atoms with Gasteiger partial charge < -0.3 is 15.1 Å². The van der Waals surface area contributed by atoms with Gasteiger partial charge in [0.2, 0.25) is 0 Å². The number of pyridine rings is 1. The highest BCUT2D eigenvalue weighted by atomic mass is 16.2. The third kappa shape index (κ3) is 5.03. The molecule has 0 unspecified atom stereocenters. The van der Waals surface area contributed by atoms with E-state index in [4.69, 9.17) is 0 Å². The van der Waals surface area contributed by atoms with E-state index in [1.807, 2.05) is 4.90 Å². The molecule has 1 aliphatic heterocycles. The van der Waals surface area contributed by atoms with E-state index >= 15 is 0 Å². The Labute approximate surface area is 144 Å². The fourth-order valence-electron chi connectivity index (χ4n) is 2.78. The number of rotatable bonds is 7. The van der Waals surface area contributed by atoms with Crippen molar-refractivity contribution in [2.45, 2.75) is 33.1 Å². The van der Waals surface area contributed by atoms with Crippen molar-refractivity contribution in [3.8, 4) is 0 Å². The van der Waals surface area contributed by atoms with Crippen LogP contribution in [0.1, 0.15) is 54.1 Å². The van der Waals surface area contributed by atoms with Crippen LogP contribution in [0.5, 0.6) is 0 Å². The Morgan fingerprint density at radius 3 is 2.46 bits per heavy atom. The van der Waals surface area contributed by atoms with Crippen molar-refractivity contribution >= 4 is 11.8 Å². The van der Waals surface area contributed by atoms with Crippen molar-refractivity contribution < 1.29 is 9.59 Å². The third-order valence-electron chi connectivity index (χ3n) is 4.37. The average Bonchev–Trinajstić information content (AvgIpc) is 2.64. The summed E-state index contributed by atoms with van der Waals surface area (Å²) in [5.41, 5.74) is 0.658. The molecule has 1 saturated heterocycles. The molecule has 0 bridgehead atoms. The van der Waals surface area contributed by atoms with E-state index in [2.05, 4.69) is 29.0 Å². The quantitative estimate of drug-likeness (QED) is 0.773. The normalized spacial score (nSPS) is 15.3. The van der Waals surface area contributed by atoms with E-state index in [0.717, 1.165) is 38.9 Å². The Morgan fingerprint density at radius 2 is 1.79 bits per heavy atom. The molecule has 0 spiro atoms. The van der Waals surface area contributed by atoms with Crippen LogP contribution in [-0.2, 0) is 0 Å². The zero-order valence-corrected chi connectivity index (χ0v) is 14.8. The van der Waals surface area contributed by atoms with E-state index in [9.17, 15) is 9.59 Å². The van der Waals surface area contributed by atoms with Crippen molar-refractivity contribution in [2.24, 2.45) is 0 Å². The maximum absolute atomic E-state index is 12.6. The van der Waals surface area contributed by atoms with Gasteiger partial charge in [-0.15, -0.1) is 0 Å². The molecule has 2 amide bonds. The minimum absolute atomic E-state index is 0.0913. The summed E-state index contributed by atoms with van der Waals surface area (Å²) in [4.78, 5) is 33.1. The molecule has 0 radical (unpaired) electrons. The number of piperazine rings is 1. The molecule has 1 aromatic rings. The number of carbonyl (C=O) groups is 2. The van der Waals surface area contributed by atoms with Gasteiger partial charge in [-0.25, -0.2) is 4.98 Å². The molecule has 2 heterocycles. The number of nitrogens with zero attached hydrogens (tertiary/aromatic N) is 3. The monoisotopic (exact) mass is 332 g/mol. The standard InChI is InChI=1S/C18H28N4O2/c1-3-5-6-10-19-17(23)15-8-7-9-16(20-15)18(24)22-13-11-21(4-2)12-14-22/h7-9H,3-6,10-14H2,1-2H3,(H,19,23). The number of amides is 2. The lowest BCUT2D eigenvalue weighted by Gasteiger charge is -2.33. The molecule has 2 rings (SSSR count). The molecule has 1 aromatic heterocycles. The first-order valence-electron chi connectivity index (χ1n) is 8.92. The minimum atomic E-state index is -0.212. The topological polar surface area (TPSA) is 65.5 Å². The van der Waals surface area contributed by atoms with Crippen molar-refractivity contribution in [3.05, 3.63) is 29.6 Å². The molecule has 24 heavy (non-hydrogen) atoms. The average molecular weight is 332 g/mol. The molecular formula is C18H28N4O2. The van der Waals surface area contributed by atoms with E-state index in [1.165, 1.54) is 0 Å². The second-order valence-electron chi connectivity index (χ2n) is 6.10. The predicted molar refractivity (Wildman–Crippen MR) is 94.1 cm³/mol. The summed E-state index contributed by atoms with van der Waals surface area (Å²) in [6.45, 7) is 9.10. The maximum Gasteiger partial charge on any atom is 0.272 e. The number of carbonyl (C=O) groups excluding carboxylic acids is 2. The van der Waals surface area contributed by atoms with Crippen molar-refractivity contribution in [1.82, 2.24) is 20.1 Å². The lowest BCUT2D eigenvalue weighted by molar-refractivity contribution is 0.0637. The van der Waals surface area contributed by atoms with Crippen molar-refractivity contribution in [3.63, 3.8) is 0 Å². The number of nitrogens with one attached hydrogen (secondary N) is 1. The molecule has 1 N–H and O–H groups in total. The number of aromatic nitrogens is 1. The largest absolute Gasteiger partial charge is 0.351 e. The first kappa shape index (κ1) is 18.4. The second-order valence-corrected chi connectivity index (χ2v) is 6.10. The van der Waals surface area contributed by atoms with Crippen LogP contribution in [0.25, 0.3) is 0 Å². The first-order chi connectivity index (χ1) is 11.7. The van der Waals surface area contributed by atoms with Crippen molar-refractivity contribution in [2.75, 3.05) is 39.3 Å². The van der Waals surface area contributed by atoms with Gasteiger partial charge in [-0.3, -0.25) is 9.59 Å². The van der Waals surface area contributed by atoms with Gasteiger partial charge in [0.25, 0.3) is 11.8 Å². The highest BCUT2D eigenvalue weighted by Gasteiger charge is 2.22. The van der Waals surface area contributed by atoms with Gasteiger partial charge in [-0.2, -0.15) is 0 Å². The van der Waals surface area contributed by atoms with Crippen LogP contribution < -0.4 is 5.32 Å². The van der Waals surface area contributed by atoms with E-state index in [0.29, 0.717) is 31.0 Å². The highest BCUT2D eigenvalue weighted by molar-refractivity contribution is 5.96. The molecule has 0 aromatic carbocycles. The van der Waals surface area contributed by atoms with Gasteiger partial charge in [0, 0.05) is 32.7 Å². The van der Waals surface area contributed by atoms with Gasteiger partial charge in [0.15, 0.2) is 0 Å². The molecule has 0 atom stereocenters. The van der Waals surface area contributed by atoms with Crippen LogP contribution in [0.15, 0.2) is 18.2 Å². The third-order valence-corrected chi connectivity index (χ3v) is 4.37. The highest BCUT2D eigenvalue weighted by Crippen LogP contribution is 2.08. The van der Waals surface area contributed by atoms with Gasteiger partial charge >= 0.3 is 0 Å². The van der Waals surface area contributed by atoms with Crippen LogP contribution in [0.3, 0.4) is 0 Å². The van der Waals surface area contributed by atoms with Crippen LogP contribution in [0.2, 0.25) is 0 Å². The molecule has 6 heteroatoms. The number of likely N-dealkylation sites (N-methyl/N-ethyl adjacent to an activating group) is 1. The molecule has 0 aliphatic carbocycles. The smallest absolute Gasteiger partial charge is 0.272 e. The van der Waals surface area contributed by atoms with E-state index in [1.54, 1.807) is 18.2 Å². The Kier molecular flexibility index (Phi) is 7.18. The lowest BCUT2D eigenvalue weighted by Crippen LogP contribution is -2.48. The van der Waals surface area contributed by atoms with Gasteiger partial charge in [-0.1, -0.05) is 32.8 Å². The molecule has 6 nitrogen and oxygen atoms in total. The van der Waals surface area contributed by atoms with E-state index < -0.39 is 0 Å². The minimum Gasteiger partial charge on any atom is -0.351 e. The summed E-state index contributed by atoms with van der Waals surface area (Å²) in [7, 11) is 0. The van der Waals surface area contributed by atoms with Gasteiger partial charge in [0.1, 0.15) is 11.4 Å². The Morgan fingerprint density at radius 1 is 1.08 bits per heavy atom. The number of unbranched alkanes of at least 4 members (excludes halogenated alkanes) is 2. The summed E-state index contributed by atoms with van der Waals surface area (Å²) in [6.07, 6.45) is 3.17. The molecule has 132 valence electrons. The SMILES string of the molecule is CCCCCNC(=O)c1cccc(C(=O)N2CCN(CC)CC2)n1. The second kappa shape index (κ2) is 9.37.